The van der Waals surface area contributed by atoms with Crippen LogP contribution in [-0.2, 0) is 23.4 Å². The second-order valence-electron chi connectivity index (χ2n) is 8.62. The number of thiazole rings is 1. The molecule has 4 heterocycles. The second kappa shape index (κ2) is 8.85. The Kier molecular flexibility index (Phi) is 5.72. The highest BCUT2D eigenvalue weighted by Crippen LogP contribution is 2.37. The molecule has 6 rings (SSSR count). The van der Waals surface area contributed by atoms with Gasteiger partial charge in [0.15, 0.2) is 0 Å². The maximum absolute atomic E-state index is 13.0. The molecule has 1 aliphatic carbocycles. The first-order valence-electron chi connectivity index (χ1n) is 11.4. The number of aromatic amines is 1. The monoisotopic (exact) mass is 496 g/mol. The van der Waals surface area contributed by atoms with E-state index in [1.54, 1.807) is 34.4 Å². The molecule has 4 aromatic rings. The summed E-state index contributed by atoms with van der Waals surface area (Å²) in [6.45, 7) is 0.804. The molecular weight excluding hydrogens is 472 g/mol. The molecule has 1 unspecified atom stereocenters. The van der Waals surface area contributed by atoms with Crippen LogP contribution in [0.25, 0.3) is 20.4 Å². The third-order valence-corrected chi connectivity index (χ3v) is 9.79. The summed E-state index contributed by atoms with van der Waals surface area (Å²) < 4.78 is 1.18. The fourth-order valence-electron chi connectivity index (χ4n) is 4.94. The summed E-state index contributed by atoms with van der Waals surface area (Å²) in [5.41, 5.74) is 2.21. The molecule has 33 heavy (non-hydrogen) atoms. The Labute approximate surface area is 203 Å². The average molecular weight is 497 g/mol. The second-order valence-corrected chi connectivity index (χ2v) is 11.9. The van der Waals surface area contributed by atoms with Crippen LogP contribution in [0.2, 0.25) is 0 Å². The smallest absolute Gasteiger partial charge is 0.259 e. The summed E-state index contributed by atoms with van der Waals surface area (Å²) in [7, 11) is 0. The van der Waals surface area contributed by atoms with E-state index in [0.717, 1.165) is 59.4 Å². The quantitative estimate of drug-likeness (QED) is 0.377. The first-order valence-corrected chi connectivity index (χ1v) is 14.2. The van der Waals surface area contributed by atoms with Gasteiger partial charge in [-0.2, -0.15) is 11.8 Å². The lowest BCUT2D eigenvalue weighted by Crippen LogP contribution is -2.30. The number of amides is 1. The Morgan fingerprint density at radius 3 is 3.00 bits per heavy atom. The number of carbonyl (C=O) groups is 1. The topological polar surface area (TPSA) is 79.0 Å². The molecule has 0 bridgehead atoms. The number of thioether (sulfide) groups is 1. The van der Waals surface area contributed by atoms with E-state index in [0.29, 0.717) is 23.8 Å². The Balaban J connectivity index is 1.07. The lowest BCUT2D eigenvalue weighted by molar-refractivity contribution is -0.131. The molecule has 0 saturated carbocycles. The molecule has 3 aromatic heterocycles. The number of para-hydroxylation sites is 1. The SMILES string of the molecule is O=C(CCSCc1nc2sc3c(c2c(=O)[nH]1)CCC3)N1CCCC1c1nc2ccccc2s1. The van der Waals surface area contributed by atoms with Crippen molar-refractivity contribution in [2.75, 3.05) is 12.3 Å². The van der Waals surface area contributed by atoms with Crippen molar-refractivity contribution in [1.29, 1.82) is 0 Å². The molecule has 1 N–H and O–H groups in total. The number of aryl methyl sites for hydroxylation is 2. The number of carbonyl (C=O) groups excluding carboxylic acids is 1. The molecule has 1 fully saturated rings. The molecule has 2 aliphatic rings. The predicted molar refractivity (Wildman–Crippen MR) is 136 cm³/mol. The van der Waals surface area contributed by atoms with Crippen molar-refractivity contribution < 1.29 is 4.79 Å². The summed E-state index contributed by atoms with van der Waals surface area (Å²) in [6.07, 6.45) is 5.69. The highest BCUT2D eigenvalue weighted by atomic mass is 32.2. The molecule has 1 saturated heterocycles. The molecule has 6 nitrogen and oxygen atoms in total. The van der Waals surface area contributed by atoms with Crippen LogP contribution in [0, 0.1) is 0 Å². The summed E-state index contributed by atoms with van der Waals surface area (Å²) in [5.74, 6) is 2.22. The van der Waals surface area contributed by atoms with Crippen LogP contribution in [0.4, 0.5) is 0 Å². The maximum Gasteiger partial charge on any atom is 0.259 e. The Morgan fingerprint density at radius 1 is 1.18 bits per heavy atom. The van der Waals surface area contributed by atoms with Crippen LogP contribution in [0.1, 0.15) is 53.0 Å². The maximum atomic E-state index is 13.0. The largest absolute Gasteiger partial charge is 0.333 e. The fraction of sp³-hybridized carbons (Fsp3) is 0.417. The van der Waals surface area contributed by atoms with E-state index in [1.165, 1.54) is 15.1 Å². The Bertz CT molecular complexity index is 1370. The lowest BCUT2D eigenvalue weighted by Gasteiger charge is -2.23. The molecule has 1 aromatic carbocycles. The van der Waals surface area contributed by atoms with E-state index >= 15 is 0 Å². The van der Waals surface area contributed by atoms with Crippen LogP contribution in [0.15, 0.2) is 29.1 Å². The average Bonchev–Trinajstić information content (AvgIpc) is 3.58. The first-order chi connectivity index (χ1) is 16.2. The van der Waals surface area contributed by atoms with E-state index < -0.39 is 0 Å². The number of thiophene rings is 1. The molecule has 170 valence electrons. The number of fused-ring (bicyclic) bond motifs is 4. The highest BCUT2D eigenvalue weighted by molar-refractivity contribution is 7.98. The molecule has 1 amide bonds. The van der Waals surface area contributed by atoms with Gasteiger partial charge < -0.3 is 9.88 Å². The van der Waals surface area contributed by atoms with Gasteiger partial charge in [0.05, 0.1) is 27.4 Å². The van der Waals surface area contributed by atoms with Gasteiger partial charge >= 0.3 is 0 Å². The van der Waals surface area contributed by atoms with Crippen LogP contribution >= 0.6 is 34.4 Å². The number of hydrogen-bond donors (Lipinski definition) is 1. The number of rotatable bonds is 6. The van der Waals surface area contributed by atoms with Gasteiger partial charge in [0, 0.05) is 23.6 Å². The number of H-pyrrole nitrogens is 1. The third kappa shape index (κ3) is 4.00. The van der Waals surface area contributed by atoms with Crippen LogP contribution in [0.5, 0.6) is 0 Å². The fourth-order valence-corrected chi connectivity index (χ4v) is 8.13. The van der Waals surface area contributed by atoms with E-state index in [9.17, 15) is 9.59 Å². The molecule has 1 aliphatic heterocycles. The summed E-state index contributed by atoms with van der Waals surface area (Å²) in [6, 6.07) is 8.26. The molecule has 0 spiro atoms. The first kappa shape index (κ1) is 21.3. The number of aromatic nitrogens is 3. The van der Waals surface area contributed by atoms with E-state index in [4.69, 9.17) is 9.97 Å². The lowest BCUT2D eigenvalue weighted by atomic mass is 10.2. The molecule has 9 heteroatoms. The zero-order chi connectivity index (χ0) is 22.4. The van der Waals surface area contributed by atoms with E-state index in [-0.39, 0.29) is 17.5 Å². The zero-order valence-corrected chi connectivity index (χ0v) is 20.6. The van der Waals surface area contributed by atoms with Gasteiger partial charge in [-0.05, 0) is 49.8 Å². The van der Waals surface area contributed by atoms with Crippen molar-refractivity contribution >= 4 is 60.8 Å². The molecule has 0 radical (unpaired) electrons. The van der Waals surface area contributed by atoms with Crippen molar-refractivity contribution in [2.45, 2.75) is 50.3 Å². The number of hydrogen-bond acceptors (Lipinski definition) is 7. The minimum absolute atomic E-state index is 0.0122. The van der Waals surface area contributed by atoms with Crippen LogP contribution < -0.4 is 5.56 Å². The molecule has 1 atom stereocenters. The predicted octanol–water partition coefficient (Wildman–Crippen LogP) is 5.07. The van der Waals surface area contributed by atoms with Gasteiger partial charge in [-0.25, -0.2) is 9.97 Å². The minimum atomic E-state index is -0.0122. The molecular formula is C24H24N4O2S3. The number of nitrogens with one attached hydrogen (secondary N) is 1. The van der Waals surface area contributed by atoms with Crippen molar-refractivity contribution in [3.63, 3.8) is 0 Å². The van der Waals surface area contributed by atoms with Crippen molar-refractivity contribution in [1.82, 2.24) is 19.9 Å². The van der Waals surface area contributed by atoms with Crippen LogP contribution in [0.3, 0.4) is 0 Å². The van der Waals surface area contributed by atoms with Gasteiger partial charge in [0.2, 0.25) is 5.91 Å². The number of benzene rings is 1. The highest BCUT2D eigenvalue weighted by Gasteiger charge is 2.31. The van der Waals surface area contributed by atoms with Gasteiger partial charge in [0.1, 0.15) is 15.7 Å². The number of nitrogens with zero attached hydrogens (tertiary/aromatic N) is 3. The van der Waals surface area contributed by atoms with Crippen LogP contribution in [-0.4, -0.2) is 38.1 Å². The Morgan fingerprint density at radius 2 is 2.09 bits per heavy atom. The Hall–Kier alpha value is -2.23. The van der Waals surface area contributed by atoms with Crippen molar-refractivity contribution in [3.8, 4) is 0 Å². The standard InChI is InChI=1S/C24H24N4O2S3/c29-20(28-11-4-7-16(28)23-25-15-6-1-2-8-18(15)33-23)10-12-31-13-19-26-22(30)21-14-5-3-9-17(14)32-24(21)27-19/h1-2,6,8,16H,3-5,7,9-13H2,(H,26,27,30). The number of likely N-dealkylation sites (tertiary alicyclic amines) is 1. The van der Waals surface area contributed by atoms with Gasteiger partial charge in [-0.15, -0.1) is 22.7 Å². The summed E-state index contributed by atoms with van der Waals surface area (Å²) in [5, 5.41) is 1.85. The van der Waals surface area contributed by atoms with Crippen molar-refractivity contribution in [2.24, 2.45) is 0 Å². The summed E-state index contributed by atoms with van der Waals surface area (Å²) in [4.78, 5) is 42.3. The van der Waals surface area contributed by atoms with Gasteiger partial charge in [0.25, 0.3) is 5.56 Å². The van der Waals surface area contributed by atoms with E-state index in [1.807, 2.05) is 23.1 Å². The van der Waals surface area contributed by atoms with E-state index in [2.05, 4.69) is 11.1 Å². The van der Waals surface area contributed by atoms with Crippen molar-refractivity contribution in [3.05, 3.63) is 55.9 Å². The third-order valence-electron chi connectivity index (χ3n) is 6.49. The van der Waals surface area contributed by atoms with Gasteiger partial charge in [-0.3, -0.25) is 9.59 Å². The summed E-state index contributed by atoms with van der Waals surface area (Å²) >= 11 is 5.02. The normalized spacial score (nSPS) is 17.9. The minimum Gasteiger partial charge on any atom is -0.333 e. The zero-order valence-electron chi connectivity index (χ0n) is 18.1. The van der Waals surface area contributed by atoms with Gasteiger partial charge in [-0.1, -0.05) is 12.1 Å².